The number of ether oxygens (including phenoxy) is 2. The maximum absolute atomic E-state index is 14.3. The molecular weight excluding hydrogens is 376 g/mol. The highest BCUT2D eigenvalue weighted by atomic mass is 31.1. The van der Waals surface area contributed by atoms with Crippen LogP contribution in [0, 0.1) is 0 Å². The van der Waals surface area contributed by atoms with E-state index >= 15 is 0 Å². The maximum Gasteiger partial charge on any atom is 0.585 e. The van der Waals surface area contributed by atoms with Gasteiger partial charge in [-0.3, -0.25) is 9.09 Å². The summed E-state index contributed by atoms with van der Waals surface area (Å²) in [7, 11) is -2.14. The quantitative estimate of drug-likeness (QED) is 0.639. The lowest BCUT2D eigenvalue weighted by Gasteiger charge is -2.14. The van der Waals surface area contributed by atoms with Crippen molar-refractivity contribution in [2.75, 3.05) is 12.1 Å². The fourth-order valence-electron chi connectivity index (χ4n) is 2.53. The van der Waals surface area contributed by atoms with Gasteiger partial charge in [0.25, 0.3) is 6.35 Å². The van der Waals surface area contributed by atoms with E-state index in [4.69, 9.17) is 19.7 Å². The Bertz CT molecular complexity index is 1010. The van der Waals surface area contributed by atoms with Crippen molar-refractivity contribution in [2.24, 2.45) is 0 Å². The van der Waals surface area contributed by atoms with Crippen molar-refractivity contribution in [1.29, 1.82) is 0 Å². The molecule has 0 bridgehead atoms. The van der Waals surface area contributed by atoms with Crippen LogP contribution in [0.15, 0.2) is 54.9 Å². The molecule has 11 heteroatoms. The first-order chi connectivity index (χ1) is 13.1. The lowest BCUT2D eigenvalue weighted by Crippen LogP contribution is -2.16. The molecule has 9 nitrogen and oxygen atoms in total. The van der Waals surface area contributed by atoms with Crippen LogP contribution in [0.4, 0.5) is 10.2 Å². The molecular formula is C16H14FN5O4P+. The Hall–Kier alpha value is -2.94. The van der Waals surface area contributed by atoms with Gasteiger partial charge in [-0.15, -0.1) is 0 Å². The van der Waals surface area contributed by atoms with E-state index in [0.29, 0.717) is 16.9 Å². The van der Waals surface area contributed by atoms with Crippen LogP contribution in [0.2, 0.25) is 0 Å². The fraction of sp³-hybridized carbons (Fsp3) is 0.188. The average molecular weight is 390 g/mol. The molecule has 0 aliphatic carbocycles. The van der Waals surface area contributed by atoms with Gasteiger partial charge in [0.05, 0.1) is 6.33 Å². The highest BCUT2D eigenvalue weighted by molar-refractivity contribution is 7.39. The van der Waals surface area contributed by atoms with Gasteiger partial charge < -0.3 is 15.2 Å². The van der Waals surface area contributed by atoms with E-state index in [0.717, 1.165) is 6.08 Å². The summed E-state index contributed by atoms with van der Waals surface area (Å²) in [5.74, 6) is 0.0518. The second-order valence-electron chi connectivity index (χ2n) is 5.52. The highest BCUT2D eigenvalue weighted by Crippen LogP contribution is 2.34. The van der Waals surface area contributed by atoms with Crippen molar-refractivity contribution in [2.45, 2.75) is 12.5 Å². The normalized spacial score (nSPS) is 19.9. The van der Waals surface area contributed by atoms with Crippen LogP contribution < -0.4 is 10.3 Å². The number of anilines is 1. The van der Waals surface area contributed by atoms with Gasteiger partial charge in [0, 0.05) is 6.08 Å². The van der Waals surface area contributed by atoms with Crippen LogP contribution in [-0.4, -0.2) is 32.2 Å². The Balaban J connectivity index is 1.40. The first kappa shape index (κ1) is 17.5. The topological polar surface area (TPSA) is 114 Å². The van der Waals surface area contributed by atoms with Gasteiger partial charge >= 0.3 is 8.03 Å². The summed E-state index contributed by atoms with van der Waals surface area (Å²) in [5, 5.41) is 0. The van der Waals surface area contributed by atoms with E-state index in [1.807, 2.05) is 6.07 Å². The smallest absolute Gasteiger partial charge is 0.382 e. The number of hydrogen-bond donors (Lipinski definition) is 1. The Morgan fingerprint density at radius 1 is 1.26 bits per heavy atom. The second-order valence-corrected chi connectivity index (χ2v) is 6.63. The third-order valence-corrected chi connectivity index (χ3v) is 4.50. The van der Waals surface area contributed by atoms with Gasteiger partial charge in [-0.05, 0) is 16.7 Å². The predicted octanol–water partition coefficient (Wildman–Crippen LogP) is 2.91. The van der Waals surface area contributed by atoms with E-state index in [-0.39, 0.29) is 12.2 Å². The van der Waals surface area contributed by atoms with Crippen LogP contribution in [0.5, 0.6) is 5.75 Å². The Kier molecular flexibility index (Phi) is 4.76. The number of nitrogens with zero attached hydrogens (tertiary/aromatic N) is 4. The molecule has 3 aromatic rings. The highest BCUT2D eigenvalue weighted by Gasteiger charge is 2.33. The average Bonchev–Trinajstić information content (AvgIpc) is 3.25. The van der Waals surface area contributed by atoms with Crippen molar-refractivity contribution in [3.8, 4) is 5.75 Å². The third-order valence-electron chi connectivity index (χ3n) is 3.73. The first-order valence-corrected chi connectivity index (χ1v) is 9.23. The standard InChI is InChI=1S/C16H14FN5O4P/c17-11-6-12(24-9-27(23)26-10-4-2-1-3-5-10)25-16(11)22-8-21-13-14(18)19-7-20-15(13)22/h1-8,12,16H,9H2,(H2,18,19,20)/q+1/t12-,16?/m0/s1. The number of imidazole rings is 1. The van der Waals surface area contributed by atoms with Crippen molar-refractivity contribution in [3.63, 3.8) is 0 Å². The maximum atomic E-state index is 14.3. The first-order valence-electron chi connectivity index (χ1n) is 7.87. The summed E-state index contributed by atoms with van der Waals surface area (Å²) < 4.78 is 43.8. The lowest BCUT2D eigenvalue weighted by molar-refractivity contribution is -0.128. The van der Waals surface area contributed by atoms with Crippen molar-refractivity contribution in [3.05, 3.63) is 54.9 Å². The molecule has 1 aliphatic rings. The molecule has 2 N–H and O–H groups in total. The van der Waals surface area contributed by atoms with E-state index in [9.17, 15) is 8.96 Å². The molecule has 0 saturated carbocycles. The molecule has 0 spiro atoms. The van der Waals surface area contributed by atoms with Crippen LogP contribution in [0.3, 0.4) is 0 Å². The Morgan fingerprint density at radius 2 is 2.07 bits per heavy atom. The van der Waals surface area contributed by atoms with Gasteiger partial charge in [0.2, 0.25) is 0 Å². The number of para-hydroxylation sites is 1. The van der Waals surface area contributed by atoms with E-state index in [2.05, 4.69) is 15.0 Å². The molecule has 27 heavy (non-hydrogen) atoms. The molecule has 3 heterocycles. The zero-order valence-corrected chi connectivity index (χ0v) is 14.7. The minimum atomic E-state index is -2.14. The van der Waals surface area contributed by atoms with E-state index < -0.39 is 26.4 Å². The SMILES string of the molecule is Nc1ncnc2c1ncn2C1O[C@H](OC[P+](=O)Oc2ccccc2)C=C1F. The fourth-order valence-corrected chi connectivity index (χ4v) is 3.21. The van der Waals surface area contributed by atoms with Crippen molar-refractivity contribution >= 4 is 25.0 Å². The molecule has 0 radical (unpaired) electrons. The third kappa shape index (κ3) is 3.63. The number of rotatable bonds is 6. The Labute approximate surface area is 153 Å². The van der Waals surface area contributed by atoms with Crippen LogP contribution >= 0.6 is 8.03 Å². The molecule has 4 rings (SSSR count). The number of halogens is 1. The molecule has 0 amide bonds. The summed E-state index contributed by atoms with van der Waals surface area (Å²) in [6.07, 6.45) is 1.37. The number of nitrogens with two attached hydrogens (primary N) is 1. The molecule has 1 aliphatic heterocycles. The summed E-state index contributed by atoms with van der Waals surface area (Å²) >= 11 is 0. The van der Waals surface area contributed by atoms with E-state index in [1.54, 1.807) is 24.3 Å². The summed E-state index contributed by atoms with van der Waals surface area (Å²) in [6, 6.07) is 8.68. The number of aromatic nitrogens is 4. The van der Waals surface area contributed by atoms with Crippen LogP contribution in [-0.2, 0) is 14.0 Å². The summed E-state index contributed by atoms with van der Waals surface area (Å²) in [4.78, 5) is 12.0. The summed E-state index contributed by atoms with van der Waals surface area (Å²) in [6.45, 7) is 0. The van der Waals surface area contributed by atoms with Gasteiger partial charge in [-0.2, -0.15) is 0 Å². The molecule has 3 atom stereocenters. The molecule has 2 aromatic heterocycles. The minimum absolute atomic E-state index is 0.184. The van der Waals surface area contributed by atoms with E-state index in [1.165, 1.54) is 17.2 Å². The monoisotopic (exact) mass is 390 g/mol. The van der Waals surface area contributed by atoms with Gasteiger partial charge in [-0.1, -0.05) is 18.2 Å². The van der Waals surface area contributed by atoms with Gasteiger partial charge in [-0.25, -0.2) is 19.3 Å². The zero-order chi connectivity index (χ0) is 18.8. The number of fused-ring (bicyclic) bond motifs is 1. The number of nitrogen functional groups attached to an aromatic ring is 1. The van der Waals surface area contributed by atoms with Gasteiger partial charge in [0.1, 0.15) is 11.8 Å². The van der Waals surface area contributed by atoms with Crippen molar-refractivity contribution < 1.29 is 23.0 Å². The van der Waals surface area contributed by atoms with Crippen molar-refractivity contribution in [1.82, 2.24) is 19.5 Å². The lowest BCUT2D eigenvalue weighted by atomic mass is 10.3. The molecule has 2 unspecified atom stereocenters. The summed E-state index contributed by atoms with van der Waals surface area (Å²) in [5.41, 5.74) is 6.40. The molecule has 1 aromatic carbocycles. The van der Waals surface area contributed by atoms with Crippen LogP contribution in [0.1, 0.15) is 6.23 Å². The number of hydrogen-bond acceptors (Lipinski definition) is 8. The number of benzene rings is 1. The second kappa shape index (κ2) is 7.36. The Morgan fingerprint density at radius 3 is 2.89 bits per heavy atom. The molecule has 0 fully saturated rings. The van der Waals surface area contributed by atoms with Gasteiger partial charge in [0.15, 0.2) is 35.6 Å². The largest absolute Gasteiger partial charge is 0.585 e. The van der Waals surface area contributed by atoms with Crippen LogP contribution in [0.25, 0.3) is 11.2 Å². The molecule has 0 saturated heterocycles. The zero-order valence-electron chi connectivity index (χ0n) is 13.8. The minimum Gasteiger partial charge on any atom is -0.382 e. The predicted molar refractivity (Wildman–Crippen MR) is 93.5 cm³/mol. The molecule has 138 valence electrons.